The maximum atomic E-state index is 15.0. The summed E-state index contributed by atoms with van der Waals surface area (Å²) in [5.41, 5.74) is 0. The van der Waals surface area contributed by atoms with E-state index >= 15 is 0 Å². The Hall–Kier alpha value is -3.72. The van der Waals surface area contributed by atoms with Gasteiger partial charge in [-0.05, 0) is 0 Å². The molecule has 0 heterocycles. The van der Waals surface area contributed by atoms with Crippen molar-refractivity contribution in [2.45, 2.75) is 0 Å². The van der Waals surface area contributed by atoms with E-state index in [0.717, 1.165) is 26.4 Å². The Kier molecular flexibility index (Phi) is 8.79. The maximum absolute atomic E-state index is 15.0. The SMILES string of the molecule is O=S(=O)([NH][Ge]([c]1ccccc1)([c]1ccccc1)[c]1ccccc1)[NH][Ge]([c]1ccccc1)([c]1ccccc1)[c]1ccccc1. The van der Waals surface area contributed by atoms with Crippen LogP contribution in [0.15, 0.2) is 182 Å². The van der Waals surface area contributed by atoms with Gasteiger partial charge in [-0.2, -0.15) is 0 Å². The molecule has 0 saturated carbocycles. The normalized spacial score (nSPS) is 12.1. The molecular formula is C36H32Ge2N2O2S. The van der Waals surface area contributed by atoms with Crippen molar-refractivity contribution in [2.75, 3.05) is 0 Å². The van der Waals surface area contributed by atoms with E-state index in [1.165, 1.54) is 0 Å². The van der Waals surface area contributed by atoms with E-state index in [4.69, 9.17) is 0 Å². The monoisotopic (exact) mass is 704 g/mol. The van der Waals surface area contributed by atoms with Gasteiger partial charge in [0.05, 0.1) is 0 Å². The van der Waals surface area contributed by atoms with Crippen LogP contribution in [0.2, 0.25) is 0 Å². The van der Waals surface area contributed by atoms with Gasteiger partial charge in [0, 0.05) is 0 Å². The number of nitrogens with one attached hydrogen (secondary N) is 2. The van der Waals surface area contributed by atoms with Gasteiger partial charge in [-0.25, -0.2) is 0 Å². The minimum atomic E-state index is -4.12. The summed E-state index contributed by atoms with van der Waals surface area (Å²) in [6.07, 6.45) is 0. The summed E-state index contributed by atoms with van der Waals surface area (Å²) in [5.74, 6) is 0. The standard InChI is InChI=1S/C36H32Ge2N2O2S/c41-43(42,39-37(31-19-7-1-8-20-31,32-21-9-2-10-22-32)33-23-11-3-12-24-33)40-38(34-25-13-4-14-26-34,35-27-15-5-16-28-35)36-29-17-6-18-30-36/h1-30,39-40H. The van der Waals surface area contributed by atoms with Gasteiger partial charge in [0.2, 0.25) is 0 Å². The molecule has 0 bridgehead atoms. The molecule has 6 aromatic carbocycles. The molecule has 0 unspecified atom stereocenters. The molecule has 0 radical (unpaired) electrons. The van der Waals surface area contributed by atoms with Crippen molar-refractivity contribution in [3.8, 4) is 0 Å². The molecule has 0 aliphatic carbocycles. The van der Waals surface area contributed by atoms with Crippen LogP contribution < -0.4 is 33.7 Å². The summed E-state index contributed by atoms with van der Waals surface area (Å²) in [6, 6.07) is 60.4. The quantitative estimate of drug-likeness (QED) is 0.216. The molecule has 0 saturated heterocycles. The van der Waals surface area contributed by atoms with Gasteiger partial charge in [0.1, 0.15) is 0 Å². The molecule has 43 heavy (non-hydrogen) atoms. The third kappa shape index (κ3) is 5.92. The Bertz CT molecular complexity index is 1530. The van der Waals surface area contributed by atoms with Crippen molar-refractivity contribution in [3.05, 3.63) is 182 Å². The van der Waals surface area contributed by atoms with Crippen LogP contribution in [0.25, 0.3) is 0 Å². The molecule has 0 fully saturated rings. The van der Waals surface area contributed by atoms with Crippen LogP contribution in [0.5, 0.6) is 0 Å². The van der Waals surface area contributed by atoms with E-state index < -0.39 is 37.2 Å². The van der Waals surface area contributed by atoms with E-state index in [1.54, 1.807) is 0 Å². The zero-order chi connectivity index (χ0) is 29.6. The van der Waals surface area contributed by atoms with Crippen LogP contribution in [0.3, 0.4) is 0 Å². The van der Waals surface area contributed by atoms with Crippen molar-refractivity contribution in [3.63, 3.8) is 0 Å². The number of rotatable bonds is 10. The fourth-order valence-corrected chi connectivity index (χ4v) is 31.9. The first kappa shape index (κ1) is 29.4. The molecule has 0 spiro atoms. The first-order chi connectivity index (χ1) is 21.0. The molecule has 2 N–H and O–H groups in total. The van der Waals surface area contributed by atoms with E-state index in [1.807, 2.05) is 109 Å². The molecule has 0 aromatic heterocycles. The van der Waals surface area contributed by atoms with E-state index in [-0.39, 0.29) is 0 Å². The van der Waals surface area contributed by atoms with Gasteiger partial charge in [-0.3, -0.25) is 0 Å². The Morgan fingerprint density at radius 1 is 0.302 bits per heavy atom. The first-order valence-corrected chi connectivity index (χ1v) is 24.1. The van der Waals surface area contributed by atoms with Crippen molar-refractivity contribution in [2.24, 2.45) is 0 Å². The molecular weight excluding hydrogens is 670 g/mol. The molecule has 6 aromatic rings. The second-order valence-corrected chi connectivity index (χ2v) is 28.0. The van der Waals surface area contributed by atoms with Gasteiger partial charge < -0.3 is 0 Å². The Balaban J connectivity index is 1.60. The summed E-state index contributed by atoms with van der Waals surface area (Å²) in [4.78, 5) is 0. The van der Waals surface area contributed by atoms with Crippen LogP contribution in [0.1, 0.15) is 0 Å². The fourth-order valence-electron chi connectivity index (χ4n) is 5.91. The Morgan fingerprint density at radius 2 is 0.465 bits per heavy atom. The molecule has 0 atom stereocenters. The van der Waals surface area contributed by atoms with Crippen LogP contribution in [0, 0.1) is 0 Å². The summed E-state index contributed by atoms with van der Waals surface area (Å²) in [5, 5.41) is 0. The summed E-state index contributed by atoms with van der Waals surface area (Å²) < 4.78 is 42.8. The minimum absolute atomic E-state index is 1.00. The van der Waals surface area contributed by atoms with Crippen molar-refractivity contribution < 1.29 is 8.42 Å². The predicted octanol–water partition coefficient (Wildman–Crippen LogP) is 2.74. The second kappa shape index (κ2) is 12.9. The zero-order valence-corrected chi connectivity index (χ0v) is 28.6. The van der Waals surface area contributed by atoms with Crippen LogP contribution in [0.4, 0.5) is 0 Å². The van der Waals surface area contributed by atoms with Gasteiger partial charge >= 0.3 is 261 Å². The van der Waals surface area contributed by atoms with Crippen LogP contribution >= 0.6 is 0 Å². The van der Waals surface area contributed by atoms with Crippen LogP contribution in [-0.4, -0.2) is 35.4 Å². The van der Waals surface area contributed by atoms with E-state index in [0.29, 0.717) is 0 Å². The molecule has 0 aliphatic rings. The number of hydrogen-bond donors (Lipinski definition) is 2. The van der Waals surface area contributed by atoms with E-state index in [9.17, 15) is 8.42 Å². The fraction of sp³-hybridized carbons (Fsp3) is 0. The number of hydrogen-bond acceptors (Lipinski definition) is 2. The van der Waals surface area contributed by atoms with Crippen molar-refractivity contribution >= 4 is 63.6 Å². The average Bonchev–Trinajstić information content (AvgIpc) is 3.08. The molecule has 0 amide bonds. The van der Waals surface area contributed by atoms with Gasteiger partial charge in [-0.15, -0.1) is 0 Å². The second-order valence-electron chi connectivity index (χ2n) is 10.4. The third-order valence-electron chi connectivity index (χ3n) is 7.82. The number of benzene rings is 6. The van der Waals surface area contributed by atoms with Gasteiger partial charge in [-0.1, -0.05) is 0 Å². The Morgan fingerprint density at radius 3 is 0.628 bits per heavy atom. The van der Waals surface area contributed by atoms with Gasteiger partial charge in [0.15, 0.2) is 0 Å². The molecule has 0 aliphatic heterocycles. The summed E-state index contributed by atoms with van der Waals surface area (Å²) in [7, 11) is -4.12. The molecule has 4 nitrogen and oxygen atoms in total. The van der Waals surface area contributed by atoms with E-state index in [2.05, 4.69) is 80.2 Å². The molecule has 6 rings (SSSR count). The topological polar surface area (TPSA) is 58.2 Å². The van der Waals surface area contributed by atoms with Crippen molar-refractivity contribution in [1.82, 2.24) is 7.36 Å². The summed E-state index contributed by atoms with van der Waals surface area (Å²) >= 11 is -8.16. The zero-order valence-electron chi connectivity index (χ0n) is 23.5. The third-order valence-corrected chi connectivity index (χ3v) is 31.3. The summed E-state index contributed by atoms with van der Waals surface area (Å²) in [6.45, 7) is 0. The molecule has 7 heteroatoms. The van der Waals surface area contributed by atoms with Gasteiger partial charge in [0.25, 0.3) is 0 Å². The Labute approximate surface area is 259 Å². The average molecular weight is 702 g/mol. The van der Waals surface area contributed by atoms with Crippen molar-refractivity contribution in [1.29, 1.82) is 0 Å². The first-order valence-electron chi connectivity index (χ1n) is 14.2. The molecule has 212 valence electrons. The van der Waals surface area contributed by atoms with Crippen LogP contribution in [-0.2, 0) is 10.2 Å². The predicted molar refractivity (Wildman–Crippen MR) is 183 cm³/mol.